The second-order valence-electron chi connectivity index (χ2n) is 7.41. The van der Waals surface area contributed by atoms with Crippen LogP contribution in [0.1, 0.15) is 18.5 Å². The first-order valence-electron chi connectivity index (χ1n) is 9.87. The van der Waals surface area contributed by atoms with Gasteiger partial charge in [-0.25, -0.2) is 17.7 Å². The van der Waals surface area contributed by atoms with Crippen LogP contribution in [-0.4, -0.2) is 79.4 Å². The van der Waals surface area contributed by atoms with Crippen molar-refractivity contribution in [1.82, 2.24) is 19.1 Å². The zero-order valence-electron chi connectivity index (χ0n) is 17.6. The van der Waals surface area contributed by atoms with Crippen molar-refractivity contribution in [3.8, 4) is 0 Å². The number of piperazine rings is 1. The van der Waals surface area contributed by atoms with Gasteiger partial charge in [0.2, 0.25) is 15.9 Å². The molecule has 1 atom stereocenters. The molecule has 1 aromatic heterocycles. The first-order valence-corrected chi connectivity index (χ1v) is 12.3. The number of carbonyl (C=O) groups excluding carboxylic acids is 1. The van der Waals surface area contributed by atoms with Gasteiger partial charge in [-0.3, -0.25) is 9.69 Å². The quantitative estimate of drug-likeness (QED) is 0.606. The highest BCUT2D eigenvalue weighted by atomic mass is 32.2. The maximum Gasteiger partial charge on any atom is 0.244 e. The summed E-state index contributed by atoms with van der Waals surface area (Å²) in [5.74, 6) is 0.375. The van der Waals surface area contributed by atoms with Gasteiger partial charge >= 0.3 is 0 Å². The highest BCUT2D eigenvalue weighted by molar-refractivity contribution is 7.99. The molecule has 1 aliphatic heterocycles. The van der Waals surface area contributed by atoms with Gasteiger partial charge in [0.25, 0.3) is 0 Å². The molecule has 0 radical (unpaired) electrons. The van der Waals surface area contributed by atoms with Crippen LogP contribution >= 0.6 is 11.8 Å². The molecule has 0 saturated carbocycles. The molecule has 1 unspecified atom stereocenters. The van der Waals surface area contributed by atoms with E-state index in [2.05, 4.69) is 41.1 Å². The van der Waals surface area contributed by atoms with Crippen molar-refractivity contribution >= 4 is 27.7 Å². The predicted molar refractivity (Wildman–Crippen MR) is 119 cm³/mol. The lowest BCUT2D eigenvalue weighted by atomic mass is 10.1. The smallest absolute Gasteiger partial charge is 0.244 e. The summed E-state index contributed by atoms with van der Waals surface area (Å²) < 4.78 is 25.3. The molecule has 2 aromatic rings. The maximum absolute atomic E-state index is 12.6. The number of carbonyl (C=O) groups is 1. The Kier molecular flexibility index (Phi) is 7.51. The molecule has 9 heteroatoms. The zero-order valence-corrected chi connectivity index (χ0v) is 19.2. The van der Waals surface area contributed by atoms with Crippen molar-refractivity contribution in [2.75, 3.05) is 46.0 Å². The van der Waals surface area contributed by atoms with Crippen LogP contribution in [0, 0.1) is 0 Å². The number of pyridine rings is 1. The average molecular weight is 449 g/mol. The molecule has 30 heavy (non-hydrogen) atoms. The fraction of sp³-hybridized carbons (Fsp3) is 0.429. The second kappa shape index (κ2) is 9.91. The van der Waals surface area contributed by atoms with E-state index in [1.165, 1.54) is 43.7 Å². The largest absolute Gasteiger partial charge is 0.339 e. The van der Waals surface area contributed by atoms with Gasteiger partial charge in [-0.1, -0.05) is 42.1 Å². The number of aromatic nitrogens is 1. The molecule has 0 spiro atoms. The fourth-order valence-corrected chi connectivity index (χ4v) is 4.94. The summed E-state index contributed by atoms with van der Waals surface area (Å²) in [6.07, 6.45) is 1.34. The van der Waals surface area contributed by atoms with E-state index in [1.54, 1.807) is 6.07 Å². The lowest BCUT2D eigenvalue weighted by Crippen LogP contribution is -2.49. The van der Waals surface area contributed by atoms with Gasteiger partial charge in [0.05, 0.1) is 10.8 Å². The molecule has 7 nitrogen and oxygen atoms in total. The highest BCUT2D eigenvalue weighted by Crippen LogP contribution is 2.22. The average Bonchev–Trinajstić information content (AvgIpc) is 2.78. The third kappa shape index (κ3) is 5.40. The minimum absolute atomic E-state index is 0.0822. The summed E-state index contributed by atoms with van der Waals surface area (Å²) in [4.78, 5) is 21.2. The lowest BCUT2D eigenvalue weighted by molar-refractivity contribution is -0.130. The topological polar surface area (TPSA) is 73.8 Å². The molecule has 1 saturated heterocycles. The van der Waals surface area contributed by atoms with E-state index in [4.69, 9.17) is 0 Å². The highest BCUT2D eigenvalue weighted by Gasteiger charge is 2.25. The van der Waals surface area contributed by atoms with E-state index < -0.39 is 10.0 Å². The molecule has 0 aliphatic carbocycles. The molecule has 2 heterocycles. The molecule has 1 fully saturated rings. The SMILES string of the molecule is CC(c1ccccc1)N1CCN(C(=O)CSc2ccc(S(=O)(=O)N(C)C)cn2)CC1. The Morgan fingerprint density at radius 1 is 1.10 bits per heavy atom. The number of hydrogen-bond acceptors (Lipinski definition) is 6. The number of thioether (sulfide) groups is 1. The van der Waals surface area contributed by atoms with Crippen molar-refractivity contribution < 1.29 is 13.2 Å². The Morgan fingerprint density at radius 3 is 2.33 bits per heavy atom. The van der Waals surface area contributed by atoms with Crippen LogP contribution in [0.3, 0.4) is 0 Å². The Morgan fingerprint density at radius 2 is 1.77 bits per heavy atom. The van der Waals surface area contributed by atoms with Crippen LogP contribution in [0.15, 0.2) is 58.6 Å². The maximum atomic E-state index is 12.6. The van der Waals surface area contributed by atoms with E-state index >= 15 is 0 Å². The molecule has 1 aliphatic rings. The molecular weight excluding hydrogens is 420 g/mol. The van der Waals surface area contributed by atoms with Gasteiger partial charge in [0.1, 0.15) is 4.90 Å². The first-order chi connectivity index (χ1) is 14.3. The minimum Gasteiger partial charge on any atom is -0.339 e. The summed E-state index contributed by atoms with van der Waals surface area (Å²) in [5, 5.41) is 0.636. The Labute approximate surface area is 183 Å². The minimum atomic E-state index is -3.49. The van der Waals surface area contributed by atoms with Crippen molar-refractivity contribution in [1.29, 1.82) is 0 Å². The molecule has 1 aromatic carbocycles. The summed E-state index contributed by atoms with van der Waals surface area (Å²) in [6, 6.07) is 13.9. The molecule has 0 N–H and O–H groups in total. The lowest BCUT2D eigenvalue weighted by Gasteiger charge is -2.38. The molecule has 0 bridgehead atoms. The van der Waals surface area contributed by atoms with Crippen LogP contribution in [0.4, 0.5) is 0 Å². The van der Waals surface area contributed by atoms with Crippen molar-refractivity contribution in [3.63, 3.8) is 0 Å². The monoisotopic (exact) mass is 448 g/mol. The molecule has 3 rings (SSSR count). The summed E-state index contributed by atoms with van der Waals surface area (Å²) in [5.41, 5.74) is 1.29. The number of nitrogens with zero attached hydrogens (tertiary/aromatic N) is 4. The van der Waals surface area contributed by atoms with E-state index in [0.29, 0.717) is 29.9 Å². The van der Waals surface area contributed by atoms with Gasteiger partial charge < -0.3 is 4.90 Å². The number of sulfonamides is 1. The van der Waals surface area contributed by atoms with Gasteiger partial charge in [-0.15, -0.1) is 0 Å². The predicted octanol–water partition coefficient (Wildman–Crippen LogP) is 2.33. The molecule has 1 amide bonds. The summed E-state index contributed by atoms with van der Waals surface area (Å²) in [7, 11) is -0.527. The summed E-state index contributed by atoms with van der Waals surface area (Å²) in [6.45, 7) is 5.33. The van der Waals surface area contributed by atoms with Crippen molar-refractivity contribution in [2.45, 2.75) is 22.9 Å². The van der Waals surface area contributed by atoms with E-state index in [1.807, 2.05) is 11.0 Å². The Hall–Kier alpha value is -1.94. The van der Waals surface area contributed by atoms with E-state index in [-0.39, 0.29) is 10.8 Å². The fourth-order valence-electron chi connectivity index (χ4n) is 3.34. The second-order valence-corrected chi connectivity index (χ2v) is 10.6. The summed E-state index contributed by atoms with van der Waals surface area (Å²) >= 11 is 1.33. The van der Waals surface area contributed by atoms with Gasteiger partial charge in [-0.05, 0) is 24.6 Å². The standard InChI is InChI=1S/C21H28N4O3S2/c1-17(18-7-5-4-6-8-18)24-11-13-25(14-12-24)21(26)16-29-20-10-9-19(15-22-20)30(27,28)23(2)3/h4-10,15,17H,11-14,16H2,1-3H3. The van der Waals surface area contributed by atoms with E-state index in [0.717, 1.165) is 17.4 Å². The normalized spacial score (nSPS) is 16.6. The van der Waals surface area contributed by atoms with Crippen LogP contribution in [0.5, 0.6) is 0 Å². The Balaban J connectivity index is 1.48. The van der Waals surface area contributed by atoms with Crippen LogP contribution < -0.4 is 0 Å². The van der Waals surface area contributed by atoms with Crippen molar-refractivity contribution in [2.24, 2.45) is 0 Å². The van der Waals surface area contributed by atoms with E-state index in [9.17, 15) is 13.2 Å². The number of amides is 1. The number of hydrogen-bond donors (Lipinski definition) is 0. The van der Waals surface area contributed by atoms with Crippen LogP contribution in [0.25, 0.3) is 0 Å². The number of benzene rings is 1. The van der Waals surface area contributed by atoms with Crippen molar-refractivity contribution in [3.05, 3.63) is 54.2 Å². The van der Waals surface area contributed by atoms with Gasteiger partial charge in [0, 0.05) is 52.5 Å². The first kappa shape index (κ1) is 22.7. The zero-order chi connectivity index (χ0) is 21.7. The third-order valence-electron chi connectivity index (χ3n) is 5.33. The van der Waals surface area contributed by atoms with Crippen LogP contribution in [-0.2, 0) is 14.8 Å². The number of rotatable bonds is 7. The molecular formula is C21H28N4O3S2. The van der Waals surface area contributed by atoms with Gasteiger partial charge in [0.15, 0.2) is 0 Å². The Bertz CT molecular complexity index is 942. The molecule has 162 valence electrons. The van der Waals surface area contributed by atoms with Gasteiger partial charge in [-0.2, -0.15) is 0 Å². The van der Waals surface area contributed by atoms with Crippen LogP contribution in [0.2, 0.25) is 0 Å². The third-order valence-corrected chi connectivity index (χ3v) is 8.06.